The monoisotopic (exact) mass is 426 g/mol. The number of carbonyl (C=O) groups is 1. The van der Waals surface area contributed by atoms with E-state index in [-0.39, 0.29) is 23.6 Å². The Labute approximate surface area is 164 Å². The average molecular weight is 426 g/mol. The molecule has 1 aromatic heterocycles. The van der Waals surface area contributed by atoms with Crippen molar-refractivity contribution in [3.8, 4) is 5.75 Å². The van der Waals surface area contributed by atoms with Gasteiger partial charge in [0.2, 0.25) is 0 Å². The minimum atomic E-state index is -4.96. The highest BCUT2D eigenvalue weighted by molar-refractivity contribution is 7.87. The normalized spacial score (nSPS) is 12.1. The molecule has 0 saturated carbocycles. The summed E-state index contributed by atoms with van der Waals surface area (Å²) in [6, 6.07) is 10.9. The first-order chi connectivity index (χ1) is 13.6. The molecule has 10 heteroatoms. The molecule has 2 N–H and O–H groups in total. The van der Waals surface area contributed by atoms with Crippen LogP contribution in [-0.4, -0.2) is 32.0 Å². The van der Waals surface area contributed by atoms with Gasteiger partial charge in [-0.15, -0.1) is 0 Å². The lowest BCUT2D eigenvalue weighted by atomic mass is 10.1. The number of hydrogen-bond acceptors (Lipinski definition) is 4. The Balaban J connectivity index is 1.85. The van der Waals surface area contributed by atoms with Crippen molar-refractivity contribution in [2.45, 2.75) is 24.4 Å². The Morgan fingerprint density at radius 2 is 1.83 bits per heavy atom. The predicted octanol–water partition coefficient (Wildman–Crippen LogP) is 3.47. The number of aromatic amines is 1. The van der Waals surface area contributed by atoms with E-state index in [1.807, 2.05) is 6.92 Å². The smallest absolute Gasteiger partial charge is 0.378 e. The fourth-order valence-corrected chi connectivity index (χ4v) is 3.71. The summed E-state index contributed by atoms with van der Waals surface area (Å²) in [6.45, 7) is 1.55. The molecule has 0 bridgehead atoms. The Kier molecular flexibility index (Phi) is 5.56. The Bertz CT molecular complexity index is 1140. The van der Waals surface area contributed by atoms with Crippen LogP contribution in [0, 0.1) is 6.92 Å². The molecule has 0 aliphatic heterocycles. The zero-order chi connectivity index (χ0) is 21.2. The van der Waals surface area contributed by atoms with Crippen molar-refractivity contribution in [2.75, 3.05) is 6.54 Å². The van der Waals surface area contributed by atoms with Crippen molar-refractivity contribution < 1.29 is 30.6 Å². The Morgan fingerprint density at radius 1 is 1.14 bits per heavy atom. The molecule has 0 saturated heterocycles. The van der Waals surface area contributed by atoms with E-state index in [1.54, 1.807) is 29.6 Å². The van der Waals surface area contributed by atoms with Crippen LogP contribution >= 0.6 is 0 Å². The van der Waals surface area contributed by atoms with Gasteiger partial charge in [0.25, 0.3) is 0 Å². The van der Waals surface area contributed by atoms with E-state index < -0.39 is 22.2 Å². The number of nitrogens with one attached hydrogen (secondary N) is 2. The summed E-state index contributed by atoms with van der Waals surface area (Å²) in [6.07, 6.45) is -3.38. The number of benzene rings is 2. The second-order valence-corrected chi connectivity index (χ2v) is 7.89. The second kappa shape index (κ2) is 7.78. The predicted molar refractivity (Wildman–Crippen MR) is 100 cm³/mol. The molecule has 0 unspecified atom stereocenters. The number of fused-ring (bicyclic) bond motifs is 1. The van der Waals surface area contributed by atoms with Crippen LogP contribution in [0.1, 0.15) is 11.1 Å². The number of alkyl halides is 3. The standard InChI is InChI=1S/C19H17F3N2O4S/c1-12-5-7-14(8-6-12)29(26,27)28-16-4-2-3-15-17(16)13(11-24-15)9-10-23-18(25)19(20,21)22/h2-8,11,24H,9-10H2,1H3,(H,23,25). The van der Waals surface area contributed by atoms with Gasteiger partial charge in [0.05, 0.1) is 0 Å². The van der Waals surface area contributed by atoms with Crippen molar-refractivity contribution in [1.82, 2.24) is 10.3 Å². The molecule has 0 aliphatic rings. The van der Waals surface area contributed by atoms with E-state index in [1.165, 1.54) is 24.4 Å². The summed E-state index contributed by atoms with van der Waals surface area (Å²) in [7, 11) is -4.10. The first kappa shape index (κ1) is 20.7. The van der Waals surface area contributed by atoms with Crippen LogP contribution in [0.2, 0.25) is 0 Å². The summed E-state index contributed by atoms with van der Waals surface area (Å²) in [5.74, 6) is -1.99. The van der Waals surface area contributed by atoms with Crippen LogP contribution in [0.4, 0.5) is 13.2 Å². The molecule has 0 spiro atoms. The molecule has 0 radical (unpaired) electrons. The van der Waals surface area contributed by atoms with Gasteiger partial charge in [-0.2, -0.15) is 21.6 Å². The molecule has 154 valence electrons. The molecule has 1 amide bonds. The minimum absolute atomic E-state index is 0.0189. The minimum Gasteiger partial charge on any atom is -0.378 e. The zero-order valence-corrected chi connectivity index (χ0v) is 16.0. The highest BCUT2D eigenvalue weighted by Crippen LogP contribution is 2.31. The molecule has 3 rings (SSSR count). The average Bonchev–Trinajstić information content (AvgIpc) is 3.05. The van der Waals surface area contributed by atoms with E-state index in [0.29, 0.717) is 16.5 Å². The maximum absolute atomic E-state index is 12.6. The summed E-state index contributed by atoms with van der Waals surface area (Å²) < 4.78 is 67.4. The van der Waals surface area contributed by atoms with Gasteiger partial charge in [-0.1, -0.05) is 23.8 Å². The van der Waals surface area contributed by atoms with Crippen molar-refractivity contribution in [1.29, 1.82) is 0 Å². The van der Waals surface area contributed by atoms with Crippen molar-refractivity contribution in [3.63, 3.8) is 0 Å². The fourth-order valence-electron chi connectivity index (χ4n) is 2.77. The van der Waals surface area contributed by atoms with Crippen LogP contribution in [0.3, 0.4) is 0 Å². The van der Waals surface area contributed by atoms with Gasteiger partial charge in [-0.05, 0) is 43.2 Å². The van der Waals surface area contributed by atoms with Gasteiger partial charge < -0.3 is 14.5 Å². The number of aryl methyl sites for hydroxylation is 1. The second-order valence-electron chi connectivity index (χ2n) is 6.35. The molecular formula is C19H17F3N2O4S. The molecule has 0 atom stereocenters. The molecule has 2 aromatic carbocycles. The summed E-state index contributed by atoms with van der Waals surface area (Å²) >= 11 is 0. The van der Waals surface area contributed by atoms with Crippen LogP contribution in [0.25, 0.3) is 10.9 Å². The third-order valence-corrected chi connectivity index (χ3v) is 5.44. The first-order valence-electron chi connectivity index (χ1n) is 8.53. The molecule has 3 aromatic rings. The SMILES string of the molecule is Cc1ccc(S(=O)(=O)Oc2cccc3[nH]cc(CCNC(=O)C(F)(F)F)c23)cc1. The quantitative estimate of drug-likeness (QED) is 0.591. The number of amides is 1. The molecule has 0 aliphatic carbocycles. The molecule has 29 heavy (non-hydrogen) atoms. The molecule has 1 heterocycles. The summed E-state index contributed by atoms with van der Waals surface area (Å²) in [5.41, 5.74) is 1.95. The van der Waals surface area contributed by atoms with E-state index in [2.05, 4.69) is 4.98 Å². The molecule has 6 nitrogen and oxygen atoms in total. The fraction of sp³-hybridized carbons (Fsp3) is 0.211. The summed E-state index contributed by atoms with van der Waals surface area (Å²) in [4.78, 5) is 13.8. The van der Waals surface area contributed by atoms with E-state index in [0.717, 1.165) is 5.56 Å². The number of aromatic nitrogens is 1. The highest BCUT2D eigenvalue weighted by atomic mass is 32.2. The van der Waals surface area contributed by atoms with Crippen LogP contribution < -0.4 is 9.50 Å². The van der Waals surface area contributed by atoms with Crippen molar-refractivity contribution >= 4 is 26.9 Å². The van der Waals surface area contributed by atoms with Crippen LogP contribution in [-0.2, 0) is 21.3 Å². The van der Waals surface area contributed by atoms with Crippen LogP contribution in [0.5, 0.6) is 5.75 Å². The maximum atomic E-state index is 12.6. The number of carbonyl (C=O) groups excluding carboxylic acids is 1. The molecular weight excluding hydrogens is 409 g/mol. The largest absolute Gasteiger partial charge is 0.471 e. The van der Waals surface area contributed by atoms with Gasteiger partial charge in [0.15, 0.2) is 5.75 Å². The maximum Gasteiger partial charge on any atom is 0.471 e. The van der Waals surface area contributed by atoms with E-state index >= 15 is 0 Å². The van der Waals surface area contributed by atoms with Gasteiger partial charge in [0, 0.05) is 23.6 Å². The lowest BCUT2D eigenvalue weighted by molar-refractivity contribution is -0.173. The number of H-pyrrole nitrogens is 1. The zero-order valence-electron chi connectivity index (χ0n) is 15.2. The number of hydrogen-bond donors (Lipinski definition) is 2. The van der Waals surface area contributed by atoms with Gasteiger partial charge in [-0.25, -0.2) is 0 Å². The van der Waals surface area contributed by atoms with E-state index in [4.69, 9.17) is 4.18 Å². The van der Waals surface area contributed by atoms with Crippen molar-refractivity contribution in [2.24, 2.45) is 0 Å². The lowest BCUT2D eigenvalue weighted by Crippen LogP contribution is -2.37. The highest BCUT2D eigenvalue weighted by Gasteiger charge is 2.38. The lowest BCUT2D eigenvalue weighted by Gasteiger charge is -2.10. The number of rotatable bonds is 6. The molecule has 0 fully saturated rings. The van der Waals surface area contributed by atoms with Crippen LogP contribution in [0.15, 0.2) is 53.6 Å². The third-order valence-electron chi connectivity index (χ3n) is 4.20. The van der Waals surface area contributed by atoms with Gasteiger partial charge in [-0.3, -0.25) is 4.79 Å². The first-order valence-corrected chi connectivity index (χ1v) is 9.94. The van der Waals surface area contributed by atoms with Gasteiger partial charge in [0.1, 0.15) is 4.90 Å². The topological polar surface area (TPSA) is 88.3 Å². The Hall–Kier alpha value is -3.01. The van der Waals surface area contributed by atoms with E-state index in [9.17, 15) is 26.4 Å². The number of halogens is 3. The Morgan fingerprint density at radius 3 is 2.48 bits per heavy atom. The summed E-state index contributed by atoms with van der Waals surface area (Å²) in [5, 5.41) is 2.21. The third kappa shape index (κ3) is 4.70. The van der Waals surface area contributed by atoms with Gasteiger partial charge >= 0.3 is 22.2 Å². The van der Waals surface area contributed by atoms with Crippen molar-refractivity contribution in [3.05, 3.63) is 59.8 Å².